The van der Waals surface area contributed by atoms with Gasteiger partial charge >= 0.3 is 0 Å². The summed E-state index contributed by atoms with van der Waals surface area (Å²) >= 11 is 0. The number of aryl methyl sites for hydroxylation is 2. The zero-order valence-electron chi connectivity index (χ0n) is 11.7. The zero-order chi connectivity index (χ0) is 13.8. The number of nitrogens with zero attached hydrogens (tertiary/aromatic N) is 3. The van der Waals surface area contributed by atoms with Crippen molar-refractivity contribution in [2.75, 3.05) is 18.4 Å². The summed E-state index contributed by atoms with van der Waals surface area (Å²) in [6.45, 7) is 7.81. The number of likely N-dealkylation sites (tertiary alicyclic amines) is 1. The molecule has 0 bridgehead atoms. The number of rotatable bonds is 3. The molecule has 102 valence electrons. The Bertz CT molecular complexity index is 484. The van der Waals surface area contributed by atoms with E-state index in [1.165, 1.54) is 12.8 Å². The third kappa shape index (κ3) is 3.77. The molecule has 0 saturated carbocycles. The number of nitrogens with one attached hydrogen (secondary N) is 1. The fraction of sp³-hybridized carbons (Fsp3) is 0.500. The highest BCUT2D eigenvalue weighted by Crippen LogP contribution is 2.14. The lowest BCUT2D eigenvalue weighted by Gasteiger charge is -2.17. The monoisotopic (exact) mass is 260 g/mol. The Balaban J connectivity index is 2.02. The maximum absolute atomic E-state index is 11.9. The SMILES string of the molecule is C/C(=C/C(=O)Nc1nc(C)cc(C)n1)N1CCCC1. The first-order chi connectivity index (χ1) is 9.04. The van der Waals surface area contributed by atoms with E-state index in [0.29, 0.717) is 5.95 Å². The smallest absolute Gasteiger partial charge is 0.252 e. The van der Waals surface area contributed by atoms with Gasteiger partial charge in [-0.1, -0.05) is 0 Å². The fourth-order valence-electron chi connectivity index (χ4n) is 2.28. The van der Waals surface area contributed by atoms with Crippen LogP contribution in [0, 0.1) is 13.8 Å². The highest BCUT2D eigenvalue weighted by atomic mass is 16.1. The molecule has 5 nitrogen and oxygen atoms in total. The Morgan fingerprint density at radius 1 is 1.26 bits per heavy atom. The van der Waals surface area contributed by atoms with Gasteiger partial charge in [-0.05, 0) is 39.7 Å². The molecule has 1 aromatic rings. The Kier molecular flexibility index (Phi) is 4.14. The van der Waals surface area contributed by atoms with E-state index in [-0.39, 0.29) is 5.91 Å². The third-order valence-corrected chi connectivity index (χ3v) is 3.16. The lowest BCUT2D eigenvalue weighted by Crippen LogP contribution is -2.20. The predicted molar refractivity (Wildman–Crippen MR) is 74.7 cm³/mol. The molecular weight excluding hydrogens is 240 g/mol. The second-order valence-corrected chi connectivity index (χ2v) is 4.94. The molecule has 19 heavy (non-hydrogen) atoms. The summed E-state index contributed by atoms with van der Waals surface area (Å²) in [5, 5.41) is 2.71. The number of carbonyl (C=O) groups is 1. The molecule has 0 atom stereocenters. The van der Waals surface area contributed by atoms with E-state index in [4.69, 9.17) is 0 Å². The minimum Gasteiger partial charge on any atom is -0.375 e. The molecule has 1 aliphatic rings. The van der Waals surface area contributed by atoms with Crippen LogP contribution in [0.5, 0.6) is 0 Å². The van der Waals surface area contributed by atoms with Crippen molar-refractivity contribution in [1.82, 2.24) is 14.9 Å². The maximum Gasteiger partial charge on any atom is 0.252 e. The van der Waals surface area contributed by atoms with E-state index in [9.17, 15) is 4.79 Å². The van der Waals surface area contributed by atoms with Crippen LogP contribution in [-0.4, -0.2) is 33.9 Å². The van der Waals surface area contributed by atoms with Crippen LogP contribution in [0.4, 0.5) is 5.95 Å². The van der Waals surface area contributed by atoms with Crippen LogP contribution in [0.25, 0.3) is 0 Å². The van der Waals surface area contributed by atoms with Crippen LogP contribution >= 0.6 is 0 Å². The first-order valence-electron chi connectivity index (χ1n) is 6.61. The average molecular weight is 260 g/mol. The molecule has 1 aromatic heterocycles. The highest BCUT2D eigenvalue weighted by molar-refractivity contribution is 5.98. The van der Waals surface area contributed by atoms with E-state index in [2.05, 4.69) is 20.2 Å². The van der Waals surface area contributed by atoms with Crippen molar-refractivity contribution >= 4 is 11.9 Å². The molecule has 1 amide bonds. The standard InChI is InChI=1S/C14H20N4O/c1-10-8-11(2)16-14(15-10)17-13(19)9-12(3)18-6-4-5-7-18/h8-9H,4-7H2,1-3H3,(H,15,16,17,19)/b12-9-. The zero-order valence-corrected chi connectivity index (χ0v) is 11.7. The van der Waals surface area contributed by atoms with Crippen molar-refractivity contribution < 1.29 is 4.79 Å². The number of amides is 1. The topological polar surface area (TPSA) is 58.1 Å². The van der Waals surface area contributed by atoms with Gasteiger partial charge in [0, 0.05) is 36.3 Å². The number of allylic oxidation sites excluding steroid dienone is 1. The highest BCUT2D eigenvalue weighted by Gasteiger charge is 2.12. The van der Waals surface area contributed by atoms with Crippen LogP contribution in [0.2, 0.25) is 0 Å². The van der Waals surface area contributed by atoms with E-state index in [1.807, 2.05) is 26.8 Å². The van der Waals surface area contributed by atoms with Gasteiger partial charge in [0.2, 0.25) is 5.95 Å². The van der Waals surface area contributed by atoms with Gasteiger partial charge in [-0.2, -0.15) is 0 Å². The molecule has 1 aliphatic heterocycles. The first-order valence-corrected chi connectivity index (χ1v) is 6.61. The molecule has 1 fully saturated rings. The lowest BCUT2D eigenvalue weighted by molar-refractivity contribution is -0.112. The van der Waals surface area contributed by atoms with Crippen molar-refractivity contribution in [2.24, 2.45) is 0 Å². The summed E-state index contributed by atoms with van der Waals surface area (Å²) in [7, 11) is 0. The van der Waals surface area contributed by atoms with Gasteiger partial charge in [0.05, 0.1) is 0 Å². The molecule has 0 spiro atoms. The summed E-state index contributed by atoms with van der Waals surface area (Å²) in [4.78, 5) is 22.5. The molecule has 5 heteroatoms. The van der Waals surface area contributed by atoms with E-state index in [1.54, 1.807) is 6.08 Å². The van der Waals surface area contributed by atoms with E-state index in [0.717, 1.165) is 30.2 Å². The predicted octanol–water partition coefficient (Wildman–Crippen LogP) is 2.03. The largest absolute Gasteiger partial charge is 0.375 e. The van der Waals surface area contributed by atoms with E-state index < -0.39 is 0 Å². The van der Waals surface area contributed by atoms with Crippen molar-refractivity contribution in [3.63, 3.8) is 0 Å². The molecule has 1 N–H and O–H groups in total. The first kappa shape index (κ1) is 13.5. The molecule has 2 heterocycles. The second kappa shape index (κ2) is 5.82. The number of hydrogen-bond donors (Lipinski definition) is 1. The average Bonchev–Trinajstić information content (AvgIpc) is 2.80. The van der Waals surface area contributed by atoms with Crippen molar-refractivity contribution in [3.8, 4) is 0 Å². The molecule has 1 saturated heterocycles. The summed E-state index contributed by atoms with van der Waals surface area (Å²) in [6, 6.07) is 1.88. The van der Waals surface area contributed by atoms with Crippen molar-refractivity contribution in [2.45, 2.75) is 33.6 Å². The normalized spacial score (nSPS) is 15.7. The lowest BCUT2D eigenvalue weighted by atomic mass is 10.3. The minimum absolute atomic E-state index is 0.172. The van der Waals surface area contributed by atoms with Gasteiger partial charge in [-0.25, -0.2) is 9.97 Å². The van der Waals surface area contributed by atoms with Crippen LogP contribution in [0.1, 0.15) is 31.2 Å². The summed E-state index contributed by atoms with van der Waals surface area (Å²) in [5.41, 5.74) is 2.70. The molecule has 2 rings (SSSR count). The Morgan fingerprint density at radius 2 is 1.84 bits per heavy atom. The van der Waals surface area contributed by atoms with Crippen molar-refractivity contribution in [3.05, 3.63) is 29.2 Å². The molecular formula is C14H20N4O. The molecule has 0 unspecified atom stereocenters. The van der Waals surface area contributed by atoms with Gasteiger partial charge in [-0.15, -0.1) is 0 Å². The quantitative estimate of drug-likeness (QED) is 0.845. The van der Waals surface area contributed by atoms with Gasteiger partial charge in [0.15, 0.2) is 0 Å². The second-order valence-electron chi connectivity index (χ2n) is 4.94. The van der Waals surface area contributed by atoms with Crippen LogP contribution in [-0.2, 0) is 4.79 Å². The van der Waals surface area contributed by atoms with E-state index >= 15 is 0 Å². The van der Waals surface area contributed by atoms with Crippen LogP contribution in [0.3, 0.4) is 0 Å². The third-order valence-electron chi connectivity index (χ3n) is 3.16. The fourth-order valence-corrected chi connectivity index (χ4v) is 2.28. The number of aromatic nitrogens is 2. The van der Waals surface area contributed by atoms with Gasteiger partial charge < -0.3 is 4.90 Å². The maximum atomic E-state index is 11.9. The number of hydrogen-bond acceptors (Lipinski definition) is 4. The van der Waals surface area contributed by atoms with Gasteiger partial charge in [-0.3, -0.25) is 10.1 Å². The van der Waals surface area contributed by atoms with Crippen LogP contribution < -0.4 is 5.32 Å². The number of carbonyl (C=O) groups excluding carboxylic acids is 1. The Morgan fingerprint density at radius 3 is 2.42 bits per heavy atom. The molecule has 0 radical (unpaired) electrons. The van der Waals surface area contributed by atoms with Gasteiger partial charge in [0.25, 0.3) is 5.91 Å². The Labute approximate surface area is 113 Å². The summed E-state index contributed by atoms with van der Waals surface area (Å²) in [5.74, 6) is 0.197. The Hall–Kier alpha value is -1.91. The number of anilines is 1. The van der Waals surface area contributed by atoms with Crippen molar-refractivity contribution in [1.29, 1.82) is 0 Å². The molecule has 0 aromatic carbocycles. The molecule has 0 aliphatic carbocycles. The van der Waals surface area contributed by atoms with Crippen LogP contribution in [0.15, 0.2) is 17.8 Å². The summed E-state index contributed by atoms with van der Waals surface area (Å²) in [6.07, 6.45) is 4.02. The minimum atomic E-state index is -0.172. The van der Waals surface area contributed by atoms with Gasteiger partial charge in [0.1, 0.15) is 0 Å². The summed E-state index contributed by atoms with van der Waals surface area (Å²) < 4.78 is 0.